The van der Waals surface area contributed by atoms with E-state index in [1.54, 1.807) is 24.3 Å². The van der Waals surface area contributed by atoms with Gasteiger partial charge in [-0.2, -0.15) is 0 Å². The van der Waals surface area contributed by atoms with Gasteiger partial charge in [0.1, 0.15) is 5.75 Å². The van der Waals surface area contributed by atoms with Gasteiger partial charge in [0.25, 0.3) is 5.91 Å². The van der Waals surface area contributed by atoms with Gasteiger partial charge in [0.2, 0.25) is 0 Å². The van der Waals surface area contributed by atoms with Gasteiger partial charge in [-0.05, 0) is 36.9 Å². The van der Waals surface area contributed by atoms with Gasteiger partial charge in [-0.25, -0.2) is 0 Å². The molecule has 3 rings (SSSR count). The first-order chi connectivity index (χ1) is 12.6. The lowest BCUT2D eigenvalue weighted by Crippen LogP contribution is -2.32. The Balaban J connectivity index is 1.79. The first-order valence-corrected chi connectivity index (χ1v) is 8.64. The van der Waals surface area contributed by atoms with Crippen molar-refractivity contribution in [1.29, 1.82) is 0 Å². The second-order valence-corrected chi connectivity index (χ2v) is 6.12. The van der Waals surface area contributed by atoms with Gasteiger partial charge in [-0.3, -0.25) is 9.59 Å². The topological polar surface area (TPSA) is 55.4 Å². The number of benzene rings is 3. The van der Waals surface area contributed by atoms with Gasteiger partial charge in [-0.15, -0.1) is 0 Å². The van der Waals surface area contributed by atoms with E-state index in [1.807, 2.05) is 49.4 Å². The highest BCUT2D eigenvalue weighted by Crippen LogP contribution is 2.26. The molecule has 0 spiro atoms. The molecule has 0 heterocycles. The van der Waals surface area contributed by atoms with Crippen LogP contribution in [0.3, 0.4) is 0 Å². The molecule has 1 atom stereocenters. The Morgan fingerprint density at radius 2 is 1.73 bits per heavy atom. The van der Waals surface area contributed by atoms with Crippen molar-refractivity contribution in [3.8, 4) is 5.75 Å². The van der Waals surface area contributed by atoms with Crippen LogP contribution in [0.4, 0.5) is 5.69 Å². The molecular weight excluding hydrogens is 326 g/mol. The minimum Gasteiger partial charge on any atom is -0.480 e. The van der Waals surface area contributed by atoms with Crippen LogP contribution in [0.25, 0.3) is 10.8 Å². The van der Waals surface area contributed by atoms with Gasteiger partial charge < -0.3 is 10.1 Å². The molecule has 0 saturated heterocycles. The monoisotopic (exact) mass is 347 g/mol. The molecule has 0 aliphatic rings. The second-order valence-electron chi connectivity index (χ2n) is 6.12. The molecule has 0 fully saturated rings. The lowest BCUT2D eigenvalue weighted by Gasteiger charge is -2.18. The van der Waals surface area contributed by atoms with E-state index in [-0.39, 0.29) is 11.7 Å². The molecular formula is C22H21NO3. The predicted molar refractivity (Wildman–Crippen MR) is 104 cm³/mol. The summed E-state index contributed by atoms with van der Waals surface area (Å²) in [7, 11) is 0. The fraction of sp³-hybridized carbons (Fsp3) is 0.182. The average molecular weight is 347 g/mol. The fourth-order valence-electron chi connectivity index (χ4n) is 2.81. The maximum atomic E-state index is 12.6. The maximum absolute atomic E-state index is 12.6. The van der Waals surface area contributed by atoms with Crippen molar-refractivity contribution in [3.63, 3.8) is 0 Å². The highest BCUT2D eigenvalue weighted by Gasteiger charge is 2.19. The zero-order valence-corrected chi connectivity index (χ0v) is 14.9. The van der Waals surface area contributed by atoms with Crippen LogP contribution >= 0.6 is 0 Å². The number of anilines is 1. The van der Waals surface area contributed by atoms with Crippen molar-refractivity contribution in [3.05, 3.63) is 72.3 Å². The van der Waals surface area contributed by atoms with E-state index in [0.717, 1.165) is 10.8 Å². The molecule has 1 N–H and O–H groups in total. The normalized spacial score (nSPS) is 11.8. The molecule has 0 saturated carbocycles. The second kappa shape index (κ2) is 7.83. The van der Waals surface area contributed by atoms with E-state index in [1.165, 1.54) is 6.92 Å². The molecule has 1 amide bonds. The standard InChI is InChI=1S/C22H21NO3/c1-3-20(22(25)23-18-11-6-10-17(14-18)15(2)24)26-21-13-7-9-16-8-4-5-12-19(16)21/h4-14,20H,3H2,1-2H3,(H,23,25). The molecule has 3 aromatic rings. The maximum Gasteiger partial charge on any atom is 0.265 e. The van der Waals surface area contributed by atoms with Gasteiger partial charge in [0, 0.05) is 16.6 Å². The van der Waals surface area contributed by atoms with E-state index < -0.39 is 6.10 Å². The largest absolute Gasteiger partial charge is 0.480 e. The summed E-state index contributed by atoms with van der Waals surface area (Å²) in [6.07, 6.45) is -0.0941. The Morgan fingerprint density at radius 3 is 2.50 bits per heavy atom. The van der Waals surface area contributed by atoms with Crippen LogP contribution < -0.4 is 10.1 Å². The minimum atomic E-state index is -0.623. The number of rotatable bonds is 6. The van der Waals surface area contributed by atoms with Crippen LogP contribution in [-0.4, -0.2) is 17.8 Å². The summed E-state index contributed by atoms with van der Waals surface area (Å²) < 4.78 is 6.01. The van der Waals surface area contributed by atoms with Crippen LogP contribution in [0, 0.1) is 0 Å². The number of hydrogen-bond acceptors (Lipinski definition) is 3. The average Bonchev–Trinajstić information content (AvgIpc) is 2.66. The molecule has 4 nitrogen and oxygen atoms in total. The first kappa shape index (κ1) is 17.7. The van der Waals surface area contributed by atoms with E-state index in [4.69, 9.17) is 4.74 Å². The third kappa shape index (κ3) is 3.91. The van der Waals surface area contributed by atoms with Crippen LogP contribution in [0.15, 0.2) is 66.7 Å². The van der Waals surface area contributed by atoms with Crippen LogP contribution in [0.1, 0.15) is 30.6 Å². The van der Waals surface area contributed by atoms with E-state index in [2.05, 4.69) is 5.32 Å². The summed E-state index contributed by atoms with van der Waals surface area (Å²) >= 11 is 0. The van der Waals surface area contributed by atoms with Crippen LogP contribution in [-0.2, 0) is 4.79 Å². The van der Waals surface area contributed by atoms with Gasteiger partial charge in [-0.1, -0.05) is 55.5 Å². The smallest absolute Gasteiger partial charge is 0.265 e. The van der Waals surface area contributed by atoms with E-state index >= 15 is 0 Å². The summed E-state index contributed by atoms with van der Waals surface area (Å²) in [5.41, 5.74) is 1.15. The number of carbonyl (C=O) groups is 2. The molecule has 0 radical (unpaired) electrons. The summed E-state index contributed by atoms with van der Waals surface area (Å²) in [5.74, 6) is 0.406. The summed E-state index contributed by atoms with van der Waals surface area (Å²) in [5, 5.41) is 4.88. The quantitative estimate of drug-likeness (QED) is 0.649. The van der Waals surface area contributed by atoms with E-state index in [0.29, 0.717) is 23.4 Å². The summed E-state index contributed by atoms with van der Waals surface area (Å²) in [6.45, 7) is 3.40. The number of carbonyl (C=O) groups excluding carboxylic acids is 2. The molecule has 3 aromatic carbocycles. The molecule has 0 aromatic heterocycles. The van der Waals surface area contributed by atoms with Crippen molar-refractivity contribution in [1.82, 2.24) is 0 Å². The summed E-state index contributed by atoms with van der Waals surface area (Å²) in [6, 6.07) is 20.6. The SMILES string of the molecule is CCC(Oc1cccc2ccccc12)C(=O)Nc1cccc(C(C)=O)c1. The molecule has 26 heavy (non-hydrogen) atoms. The van der Waals surface area contributed by atoms with Crippen molar-refractivity contribution >= 4 is 28.2 Å². The van der Waals surface area contributed by atoms with Crippen LogP contribution in [0.5, 0.6) is 5.75 Å². The van der Waals surface area contributed by atoms with Gasteiger partial charge in [0.05, 0.1) is 0 Å². The number of nitrogens with one attached hydrogen (secondary N) is 1. The zero-order chi connectivity index (χ0) is 18.5. The lowest BCUT2D eigenvalue weighted by atomic mass is 10.1. The highest BCUT2D eigenvalue weighted by molar-refractivity contribution is 5.98. The number of Topliss-reactive ketones (excluding diaryl/α,β-unsaturated/α-hetero) is 1. The lowest BCUT2D eigenvalue weighted by molar-refractivity contribution is -0.122. The Kier molecular flexibility index (Phi) is 5.32. The third-order valence-corrected chi connectivity index (χ3v) is 4.22. The Labute approximate surface area is 152 Å². The van der Waals surface area contributed by atoms with Crippen molar-refractivity contribution in [2.24, 2.45) is 0 Å². The Hall–Kier alpha value is -3.14. The molecule has 1 unspecified atom stereocenters. The zero-order valence-electron chi connectivity index (χ0n) is 14.9. The molecule has 4 heteroatoms. The van der Waals surface area contributed by atoms with Crippen molar-refractivity contribution in [2.45, 2.75) is 26.4 Å². The molecule has 0 bridgehead atoms. The number of ketones is 1. The Morgan fingerprint density at radius 1 is 1.00 bits per heavy atom. The minimum absolute atomic E-state index is 0.0415. The van der Waals surface area contributed by atoms with Crippen molar-refractivity contribution in [2.75, 3.05) is 5.32 Å². The first-order valence-electron chi connectivity index (χ1n) is 8.64. The van der Waals surface area contributed by atoms with Gasteiger partial charge in [0.15, 0.2) is 11.9 Å². The van der Waals surface area contributed by atoms with Crippen LogP contribution in [0.2, 0.25) is 0 Å². The number of fused-ring (bicyclic) bond motifs is 1. The van der Waals surface area contributed by atoms with Gasteiger partial charge >= 0.3 is 0 Å². The highest BCUT2D eigenvalue weighted by atomic mass is 16.5. The molecule has 0 aliphatic heterocycles. The third-order valence-electron chi connectivity index (χ3n) is 4.22. The Bertz CT molecular complexity index is 944. The number of hydrogen-bond donors (Lipinski definition) is 1. The summed E-state index contributed by atoms with van der Waals surface area (Å²) in [4.78, 5) is 24.1. The molecule has 132 valence electrons. The van der Waals surface area contributed by atoms with Crippen molar-refractivity contribution < 1.29 is 14.3 Å². The predicted octanol–water partition coefficient (Wildman–Crippen LogP) is 4.84. The van der Waals surface area contributed by atoms with E-state index in [9.17, 15) is 9.59 Å². The molecule has 0 aliphatic carbocycles. The number of ether oxygens (including phenoxy) is 1. The number of amides is 1. The fourth-order valence-corrected chi connectivity index (χ4v) is 2.81.